The lowest BCUT2D eigenvalue weighted by Crippen LogP contribution is -2.14. The van der Waals surface area contributed by atoms with E-state index >= 15 is 0 Å². The summed E-state index contributed by atoms with van der Waals surface area (Å²) in [6.07, 6.45) is 3.31. The lowest BCUT2D eigenvalue weighted by molar-refractivity contribution is 0.477. The van der Waals surface area contributed by atoms with Gasteiger partial charge < -0.3 is 10.5 Å². The number of ether oxygens (including phenoxy) is 1. The van der Waals surface area contributed by atoms with E-state index in [1.54, 1.807) is 12.4 Å². The summed E-state index contributed by atoms with van der Waals surface area (Å²) in [5.74, 6) is 1.20. The molecule has 0 aliphatic heterocycles. The molecule has 0 radical (unpaired) electrons. The Labute approximate surface area is 125 Å². The van der Waals surface area contributed by atoms with Gasteiger partial charge >= 0.3 is 0 Å². The molecule has 4 nitrogen and oxygen atoms in total. The molecule has 0 fully saturated rings. The molecule has 0 saturated heterocycles. The molecule has 0 aliphatic carbocycles. The normalized spacial score (nSPS) is 10.3. The minimum atomic E-state index is 0.267. The minimum absolute atomic E-state index is 0.267. The molecule has 0 amide bonds. The second-order valence-corrected chi connectivity index (χ2v) is 5.38. The Balaban J connectivity index is 2.47. The number of hydrogen-bond donors (Lipinski definition) is 1. The number of aromatic nitrogens is 2. The van der Waals surface area contributed by atoms with Crippen LogP contribution in [0, 0.1) is 13.8 Å². The molecule has 0 aliphatic rings. The van der Waals surface area contributed by atoms with E-state index in [1.165, 1.54) is 0 Å². The molecule has 0 aromatic carbocycles. The highest BCUT2D eigenvalue weighted by Gasteiger charge is 2.13. The first-order valence-electron chi connectivity index (χ1n) is 5.54. The van der Waals surface area contributed by atoms with Gasteiger partial charge in [-0.3, -0.25) is 9.97 Å². The van der Waals surface area contributed by atoms with Crippen LogP contribution in [0.1, 0.15) is 17.0 Å². The van der Waals surface area contributed by atoms with E-state index in [-0.39, 0.29) is 4.99 Å². The zero-order chi connectivity index (χ0) is 14.0. The average Bonchev–Trinajstić information content (AvgIpc) is 2.26. The molecule has 0 bridgehead atoms. The minimum Gasteiger partial charge on any atom is -0.455 e. The topological polar surface area (TPSA) is 61.0 Å². The van der Waals surface area contributed by atoms with E-state index in [9.17, 15) is 0 Å². The first kappa shape index (κ1) is 13.9. The van der Waals surface area contributed by atoms with Crippen LogP contribution in [0.2, 0.25) is 0 Å². The van der Waals surface area contributed by atoms with E-state index in [0.29, 0.717) is 17.1 Å². The molecule has 2 aromatic heterocycles. The van der Waals surface area contributed by atoms with Gasteiger partial charge in [-0.1, -0.05) is 12.2 Å². The number of nitrogens with zero attached hydrogens (tertiary/aromatic N) is 2. The molecule has 0 atom stereocenters. The zero-order valence-electron chi connectivity index (χ0n) is 10.5. The molecule has 6 heteroatoms. The molecule has 2 N–H and O–H groups in total. The van der Waals surface area contributed by atoms with Crippen LogP contribution in [0.5, 0.6) is 11.5 Å². The number of halogens is 1. The number of nitrogens with two attached hydrogens (primary N) is 1. The predicted molar refractivity (Wildman–Crippen MR) is 81.6 cm³/mol. The van der Waals surface area contributed by atoms with Crippen LogP contribution < -0.4 is 10.5 Å². The van der Waals surface area contributed by atoms with Gasteiger partial charge in [0.05, 0.1) is 17.5 Å². The van der Waals surface area contributed by atoms with Gasteiger partial charge in [0, 0.05) is 22.4 Å². The molecule has 0 spiro atoms. The molecular formula is C13H12BrN3OS. The standard InChI is InChI=1S/C13H12BrN3OS/c1-7-3-11(12(13(15)19)8(2)17-7)18-10-4-9(14)5-16-6-10/h3-6H,1-2H3,(H2,15,19). The first-order valence-corrected chi connectivity index (χ1v) is 6.74. The number of aryl methyl sites for hydroxylation is 2. The quantitative estimate of drug-likeness (QED) is 0.871. The largest absolute Gasteiger partial charge is 0.455 e. The monoisotopic (exact) mass is 337 g/mol. The van der Waals surface area contributed by atoms with Crippen LogP contribution in [-0.2, 0) is 0 Å². The highest BCUT2D eigenvalue weighted by Crippen LogP contribution is 2.28. The maximum absolute atomic E-state index is 5.81. The van der Waals surface area contributed by atoms with E-state index < -0.39 is 0 Å². The summed E-state index contributed by atoms with van der Waals surface area (Å²) in [6, 6.07) is 3.63. The highest BCUT2D eigenvalue weighted by atomic mass is 79.9. The Bertz CT molecular complexity index is 646. The van der Waals surface area contributed by atoms with E-state index in [0.717, 1.165) is 15.9 Å². The highest BCUT2D eigenvalue weighted by molar-refractivity contribution is 9.10. The molecule has 19 heavy (non-hydrogen) atoms. The predicted octanol–water partition coefficient (Wildman–Crippen LogP) is 3.28. The van der Waals surface area contributed by atoms with Crippen molar-refractivity contribution in [3.05, 3.63) is 46.0 Å². The van der Waals surface area contributed by atoms with E-state index in [4.69, 9.17) is 22.7 Å². The van der Waals surface area contributed by atoms with Crippen LogP contribution >= 0.6 is 28.1 Å². The summed E-state index contributed by atoms with van der Waals surface area (Å²) in [7, 11) is 0. The van der Waals surface area contributed by atoms with Gasteiger partial charge in [0.1, 0.15) is 16.5 Å². The number of rotatable bonds is 3. The lowest BCUT2D eigenvalue weighted by atomic mass is 10.1. The van der Waals surface area contributed by atoms with Crippen LogP contribution in [0.15, 0.2) is 29.0 Å². The van der Waals surface area contributed by atoms with Crippen molar-refractivity contribution in [1.82, 2.24) is 9.97 Å². The number of thiocarbonyl (C=S) groups is 1. The van der Waals surface area contributed by atoms with Gasteiger partial charge in [-0.05, 0) is 35.8 Å². The summed E-state index contributed by atoms with van der Waals surface area (Å²) in [4.78, 5) is 8.66. The molecule has 2 heterocycles. The number of pyridine rings is 2. The van der Waals surface area contributed by atoms with Crippen molar-refractivity contribution in [3.63, 3.8) is 0 Å². The SMILES string of the molecule is Cc1cc(Oc2cncc(Br)c2)c(C(N)=S)c(C)n1. The fourth-order valence-corrected chi connectivity index (χ4v) is 2.34. The molecule has 2 aromatic rings. The Hall–Kier alpha value is -1.53. The average molecular weight is 338 g/mol. The lowest BCUT2D eigenvalue weighted by Gasteiger charge is -2.13. The van der Waals surface area contributed by atoms with Crippen molar-refractivity contribution in [2.75, 3.05) is 0 Å². The van der Waals surface area contributed by atoms with Crippen molar-refractivity contribution < 1.29 is 4.74 Å². The summed E-state index contributed by atoms with van der Waals surface area (Å²) in [6.45, 7) is 3.75. The third-order valence-electron chi connectivity index (χ3n) is 2.45. The molecule has 0 unspecified atom stereocenters. The van der Waals surface area contributed by atoms with Crippen molar-refractivity contribution in [2.24, 2.45) is 5.73 Å². The van der Waals surface area contributed by atoms with E-state index in [2.05, 4.69) is 25.9 Å². The van der Waals surface area contributed by atoms with Crippen molar-refractivity contribution in [2.45, 2.75) is 13.8 Å². The summed E-state index contributed by atoms with van der Waals surface area (Å²) in [5, 5.41) is 0. The smallest absolute Gasteiger partial charge is 0.146 e. The zero-order valence-corrected chi connectivity index (χ0v) is 12.9. The van der Waals surface area contributed by atoms with Gasteiger partial charge in [-0.15, -0.1) is 0 Å². The van der Waals surface area contributed by atoms with Gasteiger partial charge in [-0.25, -0.2) is 0 Å². The Morgan fingerprint density at radius 3 is 2.68 bits per heavy atom. The molecular weight excluding hydrogens is 326 g/mol. The second kappa shape index (κ2) is 5.63. The third-order valence-corrected chi connectivity index (χ3v) is 3.08. The molecule has 98 valence electrons. The molecule has 2 rings (SSSR count). The Morgan fingerprint density at radius 1 is 1.32 bits per heavy atom. The van der Waals surface area contributed by atoms with E-state index in [1.807, 2.05) is 26.0 Å². The van der Waals surface area contributed by atoms with Gasteiger partial charge in [0.25, 0.3) is 0 Å². The maximum atomic E-state index is 5.81. The van der Waals surface area contributed by atoms with Crippen LogP contribution in [0.25, 0.3) is 0 Å². The summed E-state index contributed by atoms with van der Waals surface area (Å²) >= 11 is 8.40. The van der Waals surface area contributed by atoms with Crippen molar-refractivity contribution in [3.8, 4) is 11.5 Å². The second-order valence-electron chi connectivity index (χ2n) is 4.03. The Morgan fingerprint density at radius 2 is 2.05 bits per heavy atom. The van der Waals surface area contributed by atoms with Crippen LogP contribution in [0.4, 0.5) is 0 Å². The maximum Gasteiger partial charge on any atom is 0.146 e. The number of hydrogen-bond acceptors (Lipinski definition) is 4. The summed E-state index contributed by atoms with van der Waals surface area (Å²) in [5.41, 5.74) is 7.99. The summed E-state index contributed by atoms with van der Waals surface area (Å²) < 4.78 is 6.65. The van der Waals surface area contributed by atoms with Crippen molar-refractivity contribution >= 4 is 33.1 Å². The molecule has 0 saturated carbocycles. The fourth-order valence-electron chi connectivity index (χ4n) is 1.75. The van der Waals surface area contributed by atoms with Gasteiger partial charge in [0.15, 0.2) is 0 Å². The van der Waals surface area contributed by atoms with Crippen LogP contribution in [-0.4, -0.2) is 15.0 Å². The first-order chi connectivity index (χ1) is 8.97. The van der Waals surface area contributed by atoms with Gasteiger partial charge in [0.2, 0.25) is 0 Å². The Kier molecular flexibility index (Phi) is 4.11. The van der Waals surface area contributed by atoms with Crippen molar-refractivity contribution in [1.29, 1.82) is 0 Å². The van der Waals surface area contributed by atoms with Crippen LogP contribution in [0.3, 0.4) is 0 Å². The fraction of sp³-hybridized carbons (Fsp3) is 0.154. The third kappa shape index (κ3) is 3.27. The van der Waals surface area contributed by atoms with Gasteiger partial charge in [-0.2, -0.15) is 0 Å².